The van der Waals surface area contributed by atoms with Crippen molar-refractivity contribution in [1.82, 2.24) is 15.2 Å². The van der Waals surface area contributed by atoms with Crippen LogP contribution in [-0.4, -0.2) is 42.0 Å². The van der Waals surface area contributed by atoms with Gasteiger partial charge in [-0.1, -0.05) is 6.07 Å². The van der Waals surface area contributed by atoms with E-state index in [0.29, 0.717) is 38.9 Å². The molecule has 39 heavy (non-hydrogen) atoms. The second-order valence-electron chi connectivity index (χ2n) is 9.89. The number of benzene rings is 2. The number of aryl methyl sites for hydroxylation is 1. The summed E-state index contributed by atoms with van der Waals surface area (Å²) in [4.78, 5) is 20.1. The number of thiophene rings is 1. The molecule has 0 aliphatic heterocycles. The molecule has 0 atom stereocenters. The van der Waals surface area contributed by atoms with E-state index < -0.39 is 17.6 Å². The van der Waals surface area contributed by atoms with Crippen molar-refractivity contribution in [2.75, 3.05) is 14.2 Å². The van der Waals surface area contributed by atoms with Crippen LogP contribution in [0, 0.1) is 24.5 Å². The van der Waals surface area contributed by atoms with Crippen molar-refractivity contribution in [2.45, 2.75) is 51.2 Å². The number of fused-ring (bicyclic) bond motifs is 1. The predicted molar refractivity (Wildman–Crippen MR) is 148 cm³/mol. The highest BCUT2D eigenvalue weighted by atomic mass is 32.1. The van der Waals surface area contributed by atoms with E-state index in [1.807, 2.05) is 13.1 Å². The fourth-order valence-corrected chi connectivity index (χ4v) is 6.69. The Hall–Kier alpha value is -3.43. The molecule has 2 aromatic carbocycles. The largest absolute Gasteiger partial charge is 0.496 e. The molecule has 1 amide bonds. The summed E-state index contributed by atoms with van der Waals surface area (Å²) in [6, 6.07) is 11.1. The number of nitrogens with zero attached hydrogens (tertiary/aromatic N) is 2. The van der Waals surface area contributed by atoms with Gasteiger partial charge in [0, 0.05) is 41.3 Å². The van der Waals surface area contributed by atoms with E-state index >= 15 is 0 Å². The summed E-state index contributed by atoms with van der Waals surface area (Å²) in [7, 11) is 3.49. The number of aromatic nitrogens is 1. The minimum atomic E-state index is -0.586. The molecule has 5 nitrogen and oxygen atoms in total. The summed E-state index contributed by atoms with van der Waals surface area (Å²) in [5.74, 6) is -1.40. The number of pyridine rings is 1. The van der Waals surface area contributed by atoms with Crippen molar-refractivity contribution in [3.8, 4) is 16.9 Å². The summed E-state index contributed by atoms with van der Waals surface area (Å²) >= 11 is 0.985. The van der Waals surface area contributed by atoms with E-state index in [1.165, 1.54) is 6.20 Å². The normalized spacial score (nSPS) is 17.4. The molecule has 0 bridgehead atoms. The van der Waals surface area contributed by atoms with Crippen LogP contribution in [0.5, 0.6) is 5.75 Å². The number of amides is 1. The van der Waals surface area contributed by atoms with Crippen LogP contribution in [0.4, 0.5) is 13.2 Å². The van der Waals surface area contributed by atoms with Gasteiger partial charge in [0.25, 0.3) is 5.91 Å². The molecule has 1 N–H and O–H groups in total. The Bertz CT molecular complexity index is 1520. The van der Waals surface area contributed by atoms with Crippen LogP contribution >= 0.6 is 11.3 Å². The average Bonchev–Trinajstić information content (AvgIpc) is 3.32. The second-order valence-corrected chi connectivity index (χ2v) is 10.9. The first-order valence-electron chi connectivity index (χ1n) is 13.0. The van der Waals surface area contributed by atoms with Crippen molar-refractivity contribution < 1.29 is 22.7 Å². The van der Waals surface area contributed by atoms with Crippen LogP contribution in [0.25, 0.3) is 21.2 Å². The molecule has 0 radical (unpaired) electrons. The fraction of sp³-hybridized carbons (Fsp3) is 0.333. The number of nitrogens with one attached hydrogen (secondary N) is 1. The number of carbonyl (C=O) groups is 1. The van der Waals surface area contributed by atoms with Gasteiger partial charge in [0.1, 0.15) is 17.4 Å². The number of rotatable bonds is 7. The van der Waals surface area contributed by atoms with Gasteiger partial charge in [-0.05, 0) is 87.2 Å². The Morgan fingerprint density at radius 3 is 2.51 bits per heavy atom. The zero-order valence-electron chi connectivity index (χ0n) is 22.1. The first kappa shape index (κ1) is 27.1. The fourth-order valence-electron chi connectivity index (χ4n) is 5.51. The maximum absolute atomic E-state index is 14.7. The third-order valence-electron chi connectivity index (χ3n) is 7.67. The lowest BCUT2D eigenvalue weighted by Crippen LogP contribution is -2.44. The molecule has 2 heterocycles. The lowest BCUT2D eigenvalue weighted by Gasteiger charge is -2.37. The van der Waals surface area contributed by atoms with Crippen molar-refractivity contribution >= 4 is 27.3 Å². The van der Waals surface area contributed by atoms with Crippen LogP contribution in [0.1, 0.15) is 46.5 Å². The van der Waals surface area contributed by atoms with E-state index in [0.717, 1.165) is 49.2 Å². The zero-order chi connectivity index (χ0) is 27.7. The Kier molecular flexibility index (Phi) is 7.91. The molecule has 0 saturated heterocycles. The van der Waals surface area contributed by atoms with Gasteiger partial charge >= 0.3 is 0 Å². The van der Waals surface area contributed by atoms with Crippen LogP contribution in [0.15, 0.2) is 48.7 Å². The third-order valence-corrected chi connectivity index (χ3v) is 8.96. The van der Waals surface area contributed by atoms with Gasteiger partial charge < -0.3 is 15.0 Å². The summed E-state index contributed by atoms with van der Waals surface area (Å²) < 4.78 is 49.6. The highest BCUT2D eigenvalue weighted by Crippen LogP contribution is 2.38. The zero-order valence-corrected chi connectivity index (χ0v) is 22.9. The highest BCUT2D eigenvalue weighted by Gasteiger charge is 2.32. The van der Waals surface area contributed by atoms with Gasteiger partial charge in [0.05, 0.1) is 16.7 Å². The number of halogens is 3. The van der Waals surface area contributed by atoms with Gasteiger partial charge in [-0.3, -0.25) is 4.79 Å². The van der Waals surface area contributed by atoms with Gasteiger partial charge in [-0.15, -0.1) is 11.3 Å². The molecule has 0 spiro atoms. The SMILES string of the molecule is CN[C@H]1CC[C@H](N(Cc2cc(-c3cccnc3F)ccc2OC)C(=O)c2sc3c(F)ccc(F)c3c2C)CC1. The van der Waals surface area contributed by atoms with E-state index in [1.54, 1.807) is 43.2 Å². The number of methoxy groups -OCH3 is 1. The molecule has 204 valence electrons. The Morgan fingerprint density at radius 2 is 1.85 bits per heavy atom. The molecule has 4 aromatic rings. The number of ether oxygens (including phenoxy) is 1. The van der Waals surface area contributed by atoms with E-state index in [-0.39, 0.29) is 28.6 Å². The monoisotopic (exact) mass is 553 g/mol. The number of hydrogen-bond acceptors (Lipinski definition) is 5. The molecule has 1 aliphatic rings. The van der Waals surface area contributed by atoms with Gasteiger partial charge in [0.2, 0.25) is 5.95 Å². The summed E-state index contributed by atoms with van der Waals surface area (Å²) in [6.07, 6.45) is 4.76. The minimum absolute atomic E-state index is 0.0788. The highest BCUT2D eigenvalue weighted by molar-refractivity contribution is 7.21. The average molecular weight is 554 g/mol. The first-order chi connectivity index (χ1) is 18.8. The van der Waals surface area contributed by atoms with Crippen molar-refractivity contribution in [1.29, 1.82) is 0 Å². The maximum atomic E-state index is 14.7. The van der Waals surface area contributed by atoms with E-state index in [9.17, 15) is 18.0 Å². The predicted octanol–water partition coefficient (Wildman–Crippen LogP) is 6.87. The molecule has 1 saturated carbocycles. The first-order valence-corrected chi connectivity index (χ1v) is 13.8. The molecule has 2 aromatic heterocycles. The number of hydrogen-bond donors (Lipinski definition) is 1. The minimum Gasteiger partial charge on any atom is -0.496 e. The van der Waals surface area contributed by atoms with Crippen LogP contribution in [0.2, 0.25) is 0 Å². The Labute approximate surface area is 229 Å². The molecule has 5 rings (SSSR count). The molecule has 1 fully saturated rings. The quantitative estimate of drug-likeness (QED) is 0.254. The topological polar surface area (TPSA) is 54.5 Å². The summed E-state index contributed by atoms with van der Waals surface area (Å²) in [5, 5.41) is 3.46. The smallest absolute Gasteiger partial charge is 0.264 e. The maximum Gasteiger partial charge on any atom is 0.264 e. The molecule has 1 aliphatic carbocycles. The molecule has 9 heteroatoms. The van der Waals surface area contributed by atoms with E-state index in [2.05, 4.69) is 10.3 Å². The van der Waals surface area contributed by atoms with Gasteiger partial charge in [0.15, 0.2) is 0 Å². The van der Waals surface area contributed by atoms with Crippen LogP contribution < -0.4 is 10.1 Å². The van der Waals surface area contributed by atoms with Gasteiger partial charge in [-0.2, -0.15) is 4.39 Å². The van der Waals surface area contributed by atoms with Crippen molar-refractivity contribution in [3.63, 3.8) is 0 Å². The van der Waals surface area contributed by atoms with E-state index in [4.69, 9.17) is 4.74 Å². The second kappa shape index (κ2) is 11.4. The van der Waals surface area contributed by atoms with Crippen LogP contribution in [-0.2, 0) is 6.54 Å². The third kappa shape index (κ3) is 5.25. The molecular formula is C30H30F3N3O2S. The number of carbonyl (C=O) groups excluding carboxylic acids is 1. The summed E-state index contributed by atoms with van der Waals surface area (Å²) in [5.41, 5.74) is 2.10. The van der Waals surface area contributed by atoms with Crippen molar-refractivity contribution in [3.05, 3.63) is 82.2 Å². The molecular weight excluding hydrogens is 523 g/mol. The lowest BCUT2D eigenvalue weighted by molar-refractivity contribution is 0.0604. The molecule has 0 unspecified atom stereocenters. The Balaban J connectivity index is 1.57. The lowest BCUT2D eigenvalue weighted by atomic mass is 9.89. The summed E-state index contributed by atoms with van der Waals surface area (Å²) in [6.45, 7) is 1.86. The standard InChI is InChI=1S/C30H30F3N3O2S/c1-17-26-23(31)11-12-24(32)28(26)39-27(17)30(37)36(21-9-7-20(34-2)8-10-21)16-19-15-18(6-13-25(19)38-3)22-5-4-14-35-29(22)33/h4-6,11-15,20-21,34H,7-10,16H2,1-3H3/t20-,21-. The van der Waals surface area contributed by atoms with Gasteiger partial charge in [-0.25, -0.2) is 13.8 Å². The Morgan fingerprint density at radius 1 is 1.10 bits per heavy atom. The van der Waals surface area contributed by atoms with Crippen molar-refractivity contribution in [2.24, 2.45) is 0 Å². The van der Waals surface area contributed by atoms with Crippen LogP contribution in [0.3, 0.4) is 0 Å².